The molecule has 1 fully saturated rings. The van der Waals surface area contributed by atoms with E-state index in [9.17, 15) is 9.59 Å². The number of ether oxygens (including phenoxy) is 1. The van der Waals surface area contributed by atoms with E-state index in [-0.39, 0.29) is 16.7 Å². The molecule has 0 unspecified atom stereocenters. The number of carbonyl (C=O) groups is 2. The second-order valence-corrected chi connectivity index (χ2v) is 7.80. The fourth-order valence-corrected chi connectivity index (χ4v) is 4.51. The van der Waals surface area contributed by atoms with Crippen molar-refractivity contribution in [2.75, 3.05) is 19.7 Å². The number of piperidine rings is 1. The summed E-state index contributed by atoms with van der Waals surface area (Å²) >= 11 is 1.25. The van der Waals surface area contributed by atoms with E-state index in [1.807, 2.05) is 17.0 Å². The van der Waals surface area contributed by atoms with Crippen LogP contribution in [-0.2, 0) is 17.6 Å². The Morgan fingerprint density at radius 1 is 1.31 bits per heavy atom. The lowest BCUT2D eigenvalue weighted by molar-refractivity contribution is -0.131. The predicted octanol–water partition coefficient (Wildman–Crippen LogP) is 2.72. The van der Waals surface area contributed by atoms with Gasteiger partial charge in [-0.05, 0) is 30.0 Å². The van der Waals surface area contributed by atoms with Gasteiger partial charge in [-0.3, -0.25) is 4.79 Å². The highest BCUT2D eigenvalue weighted by Gasteiger charge is 2.26. The molecule has 3 heterocycles. The van der Waals surface area contributed by atoms with Crippen LogP contribution in [0.25, 0.3) is 0 Å². The summed E-state index contributed by atoms with van der Waals surface area (Å²) in [6.07, 6.45) is 4.41. The molecule has 0 aliphatic carbocycles. The molecule has 4 rings (SSSR count). The predicted molar refractivity (Wildman–Crippen MR) is 97.0 cm³/mol. The second kappa shape index (κ2) is 7.07. The smallest absolute Gasteiger partial charge is 0.347 e. The third kappa shape index (κ3) is 3.44. The highest BCUT2D eigenvalue weighted by molar-refractivity contribution is 7.13. The topological polar surface area (TPSA) is 79.7 Å². The molecule has 1 saturated heterocycles. The molecular formula is C19H20N2O4S. The van der Waals surface area contributed by atoms with E-state index >= 15 is 0 Å². The molecule has 2 aromatic rings. The second-order valence-electron chi connectivity index (χ2n) is 6.74. The van der Waals surface area contributed by atoms with Gasteiger partial charge < -0.3 is 14.7 Å². The van der Waals surface area contributed by atoms with Crippen molar-refractivity contribution in [1.29, 1.82) is 0 Å². The zero-order valence-corrected chi connectivity index (χ0v) is 15.1. The Bertz CT molecular complexity index is 840. The zero-order valence-electron chi connectivity index (χ0n) is 14.3. The van der Waals surface area contributed by atoms with Gasteiger partial charge in [0.1, 0.15) is 10.6 Å². The molecule has 1 aromatic carbocycles. The van der Waals surface area contributed by atoms with E-state index in [4.69, 9.17) is 9.84 Å². The molecule has 1 N–H and O–H groups in total. The lowest BCUT2D eigenvalue weighted by Gasteiger charge is -2.31. The molecule has 2 aliphatic rings. The van der Waals surface area contributed by atoms with Crippen molar-refractivity contribution in [2.24, 2.45) is 0 Å². The maximum atomic E-state index is 12.6. The minimum Gasteiger partial charge on any atom is -0.493 e. The van der Waals surface area contributed by atoms with Crippen molar-refractivity contribution in [3.8, 4) is 5.75 Å². The normalized spacial score (nSPS) is 17.0. The summed E-state index contributed by atoms with van der Waals surface area (Å²) in [5.41, 5.74) is 2.22. The summed E-state index contributed by atoms with van der Waals surface area (Å²) in [7, 11) is 0. The molecule has 0 spiro atoms. The van der Waals surface area contributed by atoms with Crippen molar-refractivity contribution in [2.45, 2.75) is 31.6 Å². The maximum Gasteiger partial charge on any atom is 0.347 e. The number of aromatic carboxylic acids is 1. The highest BCUT2D eigenvalue weighted by Crippen LogP contribution is 2.31. The minimum atomic E-state index is -0.930. The van der Waals surface area contributed by atoms with Crippen LogP contribution < -0.4 is 4.74 Å². The van der Waals surface area contributed by atoms with Crippen LogP contribution in [0.15, 0.2) is 24.4 Å². The Kier molecular flexibility index (Phi) is 4.63. The van der Waals surface area contributed by atoms with Gasteiger partial charge >= 0.3 is 5.97 Å². The Labute approximate surface area is 155 Å². The van der Waals surface area contributed by atoms with Gasteiger partial charge in [-0.1, -0.05) is 12.1 Å². The number of carboxylic acids is 1. The highest BCUT2D eigenvalue weighted by atomic mass is 32.1. The average molecular weight is 372 g/mol. The average Bonchev–Trinajstić information content (AvgIpc) is 3.31. The fourth-order valence-electron chi connectivity index (χ4n) is 3.59. The van der Waals surface area contributed by atoms with Gasteiger partial charge in [0.15, 0.2) is 0 Å². The maximum absolute atomic E-state index is 12.6. The Balaban J connectivity index is 1.33. The quantitative estimate of drug-likeness (QED) is 0.893. The van der Waals surface area contributed by atoms with E-state index < -0.39 is 5.97 Å². The number of amides is 1. The van der Waals surface area contributed by atoms with E-state index in [0.29, 0.717) is 19.5 Å². The van der Waals surface area contributed by atoms with Crippen LogP contribution in [0.3, 0.4) is 0 Å². The number of benzene rings is 1. The molecule has 0 atom stereocenters. The molecule has 2 aliphatic heterocycles. The van der Waals surface area contributed by atoms with E-state index in [0.717, 1.165) is 42.2 Å². The van der Waals surface area contributed by atoms with Gasteiger partial charge in [0, 0.05) is 25.4 Å². The number of hydrogen-bond donors (Lipinski definition) is 1. The lowest BCUT2D eigenvalue weighted by Crippen LogP contribution is -2.38. The first-order valence-electron chi connectivity index (χ1n) is 8.81. The van der Waals surface area contributed by atoms with Gasteiger partial charge in [0.2, 0.25) is 5.91 Å². The van der Waals surface area contributed by atoms with E-state index in [1.165, 1.54) is 23.1 Å². The van der Waals surface area contributed by atoms with E-state index in [2.05, 4.69) is 11.1 Å². The van der Waals surface area contributed by atoms with Crippen LogP contribution >= 0.6 is 11.3 Å². The summed E-state index contributed by atoms with van der Waals surface area (Å²) in [4.78, 5) is 30.0. The molecule has 136 valence electrons. The van der Waals surface area contributed by atoms with Gasteiger partial charge in [-0.15, -0.1) is 11.3 Å². The molecule has 1 amide bonds. The van der Waals surface area contributed by atoms with Crippen LogP contribution in [0.1, 0.15) is 44.6 Å². The Morgan fingerprint density at radius 3 is 2.85 bits per heavy atom. The molecule has 26 heavy (non-hydrogen) atoms. The molecule has 0 bridgehead atoms. The summed E-state index contributed by atoms with van der Waals surface area (Å²) in [6, 6.07) is 6.01. The largest absolute Gasteiger partial charge is 0.493 e. The molecule has 0 saturated carbocycles. The SMILES string of the molecule is O=C(O)c1cnc(C2CCN(C(=O)Cc3ccc4c(c3)CCO4)CC2)s1. The number of hydrogen-bond acceptors (Lipinski definition) is 5. The molecule has 0 radical (unpaired) electrons. The van der Waals surface area contributed by atoms with Crippen LogP contribution in [0.5, 0.6) is 5.75 Å². The Morgan fingerprint density at radius 2 is 2.12 bits per heavy atom. The van der Waals surface area contributed by atoms with Crippen molar-refractivity contribution in [1.82, 2.24) is 9.88 Å². The number of rotatable bonds is 4. The van der Waals surface area contributed by atoms with Crippen LogP contribution in [0.2, 0.25) is 0 Å². The van der Waals surface area contributed by atoms with Crippen molar-refractivity contribution in [3.63, 3.8) is 0 Å². The first-order chi connectivity index (χ1) is 12.6. The summed E-state index contributed by atoms with van der Waals surface area (Å²) in [6.45, 7) is 2.11. The first kappa shape index (κ1) is 17.0. The number of carboxylic acid groups (broad SMARTS) is 1. The number of nitrogens with zero attached hydrogens (tertiary/aromatic N) is 2. The monoisotopic (exact) mass is 372 g/mol. The lowest BCUT2D eigenvalue weighted by atomic mass is 9.97. The Hall–Kier alpha value is -2.41. The number of carbonyl (C=O) groups excluding carboxylic acids is 1. The third-order valence-electron chi connectivity index (χ3n) is 5.04. The number of aromatic nitrogens is 1. The number of fused-ring (bicyclic) bond motifs is 1. The molecule has 1 aromatic heterocycles. The molecule has 6 nitrogen and oxygen atoms in total. The van der Waals surface area contributed by atoms with Crippen molar-refractivity contribution < 1.29 is 19.4 Å². The first-order valence-corrected chi connectivity index (χ1v) is 9.63. The van der Waals surface area contributed by atoms with Crippen LogP contribution in [0.4, 0.5) is 0 Å². The summed E-state index contributed by atoms with van der Waals surface area (Å²) < 4.78 is 5.51. The summed E-state index contributed by atoms with van der Waals surface area (Å²) in [5, 5.41) is 9.89. The number of likely N-dealkylation sites (tertiary alicyclic amines) is 1. The van der Waals surface area contributed by atoms with E-state index in [1.54, 1.807) is 0 Å². The number of thiazole rings is 1. The molecule has 7 heteroatoms. The standard InChI is InChI=1S/C19H20N2O4S/c22-17(10-12-1-2-15-14(9-12)5-8-25-15)21-6-3-13(4-7-21)18-20-11-16(26-18)19(23)24/h1-2,9,11,13H,3-8,10H2,(H,23,24). The zero-order chi connectivity index (χ0) is 18.1. The van der Waals surface area contributed by atoms with Crippen LogP contribution in [0, 0.1) is 0 Å². The van der Waals surface area contributed by atoms with Gasteiger partial charge in [-0.25, -0.2) is 9.78 Å². The van der Waals surface area contributed by atoms with Crippen molar-refractivity contribution in [3.05, 3.63) is 45.4 Å². The fraction of sp³-hybridized carbons (Fsp3) is 0.421. The van der Waals surface area contributed by atoms with Gasteiger partial charge in [0.05, 0.1) is 24.2 Å². The third-order valence-corrected chi connectivity index (χ3v) is 6.19. The van der Waals surface area contributed by atoms with Gasteiger partial charge in [-0.2, -0.15) is 0 Å². The minimum absolute atomic E-state index is 0.146. The molecular weight excluding hydrogens is 352 g/mol. The summed E-state index contributed by atoms with van der Waals surface area (Å²) in [5.74, 6) is 0.397. The van der Waals surface area contributed by atoms with Crippen LogP contribution in [-0.4, -0.2) is 46.6 Å². The van der Waals surface area contributed by atoms with Gasteiger partial charge in [0.25, 0.3) is 0 Å². The van der Waals surface area contributed by atoms with Crippen molar-refractivity contribution >= 4 is 23.2 Å².